The lowest BCUT2D eigenvalue weighted by Gasteiger charge is -2.11. The van der Waals surface area contributed by atoms with Crippen molar-refractivity contribution in [1.82, 2.24) is 5.32 Å². The topological polar surface area (TPSA) is 119 Å². The van der Waals surface area contributed by atoms with E-state index in [1.54, 1.807) is 32.7 Å². The predicted octanol–water partition coefficient (Wildman–Crippen LogP) is 2.02. The van der Waals surface area contributed by atoms with Crippen molar-refractivity contribution in [1.29, 1.82) is 0 Å². The van der Waals surface area contributed by atoms with Crippen LogP contribution in [0.25, 0.3) is 0 Å². The number of nitrogens with one attached hydrogen (secondary N) is 1. The van der Waals surface area contributed by atoms with Crippen molar-refractivity contribution in [2.75, 3.05) is 85.1 Å². The molecule has 0 aliphatic carbocycles. The molecular weight excluding hydrogens is 478 g/mol. The Kier molecular flexibility index (Phi) is 25.4. The number of ether oxygens (including phenoxy) is 6. The van der Waals surface area contributed by atoms with Gasteiger partial charge < -0.3 is 33.7 Å². The maximum atomic E-state index is 11.7. The summed E-state index contributed by atoms with van der Waals surface area (Å²) in [5.74, 6) is 0.570. The summed E-state index contributed by atoms with van der Waals surface area (Å²) in [5.41, 5.74) is 0.757. The van der Waals surface area contributed by atoms with Crippen LogP contribution in [0.3, 0.4) is 0 Å². The Morgan fingerprint density at radius 2 is 1.26 bits per heavy atom. The number of carbonyl (C=O) groups is 3. The lowest BCUT2D eigenvalue weighted by Crippen LogP contribution is -2.21. The Labute approximate surface area is 214 Å². The van der Waals surface area contributed by atoms with E-state index in [2.05, 4.69) is 18.5 Å². The molecule has 0 aliphatic heterocycles. The van der Waals surface area contributed by atoms with Gasteiger partial charge in [0.2, 0.25) is 0 Å². The molecule has 1 N–H and O–H groups in total. The van der Waals surface area contributed by atoms with E-state index >= 15 is 0 Å². The average Bonchev–Trinajstić information content (AvgIpc) is 2.82. The molecule has 0 rings (SSSR count). The standard InChI is InChI=1S/C15H27NO5S.C9H16O4/c1-12(2)14(17)20-8-6-19-7-9-21-15(18)13(3)11-22-10-5-16-4;1-8(2)9(10)13-7-6-12-5-4-11-3/h13,16H,1,5-11H2,2-4H3;1,4-7H2,2-3H3. The first-order valence-electron chi connectivity index (χ1n) is 11.4. The van der Waals surface area contributed by atoms with Gasteiger partial charge in [0.05, 0.1) is 39.0 Å². The molecule has 0 aromatic rings. The fourth-order valence-corrected chi connectivity index (χ4v) is 2.83. The molecule has 0 heterocycles. The molecule has 35 heavy (non-hydrogen) atoms. The highest BCUT2D eigenvalue weighted by molar-refractivity contribution is 7.99. The molecule has 0 fully saturated rings. The third-order valence-corrected chi connectivity index (χ3v) is 5.02. The average molecular weight is 522 g/mol. The van der Waals surface area contributed by atoms with Gasteiger partial charge in [0.25, 0.3) is 0 Å². The van der Waals surface area contributed by atoms with Crippen molar-refractivity contribution in [3.05, 3.63) is 24.3 Å². The quantitative estimate of drug-likeness (QED) is 0.110. The Bertz CT molecular complexity index is 614. The zero-order valence-electron chi connectivity index (χ0n) is 21.9. The van der Waals surface area contributed by atoms with Crippen LogP contribution in [0.15, 0.2) is 24.3 Å². The molecule has 0 bridgehead atoms. The van der Waals surface area contributed by atoms with Gasteiger partial charge in [0, 0.05) is 36.3 Å². The van der Waals surface area contributed by atoms with Crippen LogP contribution in [0.4, 0.5) is 0 Å². The van der Waals surface area contributed by atoms with Gasteiger partial charge in [-0.3, -0.25) is 4.79 Å². The molecule has 0 aromatic heterocycles. The Morgan fingerprint density at radius 3 is 1.69 bits per heavy atom. The highest BCUT2D eigenvalue weighted by Crippen LogP contribution is 2.09. The molecule has 0 aromatic carbocycles. The van der Waals surface area contributed by atoms with Gasteiger partial charge in [-0.25, -0.2) is 9.59 Å². The molecule has 11 heteroatoms. The number of hydrogen-bond acceptors (Lipinski definition) is 11. The van der Waals surface area contributed by atoms with Crippen LogP contribution < -0.4 is 5.32 Å². The van der Waals surface area contributed by atoms with Crippen molar-refractivity contribution in [2.45, 2.75) is 20.8 Å². The van der Waals surface area contributed by atoms with Crippen LogP contribution in [0.5, 0.6) is 0 Å². The van der Waals surface area contributed by atoms with Crippen LogP contribution in [-0.2, 0) is 42.8 Å². The lowest BCUT2D eigenvalue weighted by atomic mass is 10.2. The molecule has 0 aliphatic rings. The van der Waals surface area contributed by atoms with Crippen LogP contribution >= 0.6 is 11.8 Å². The highest BCUT2D eigenvalue weighted by Gasteiger charge is 2.14. The highest BCUT2D eigenvalue weighted by atomic mass is 32.2. The fraction of sp³-hybridized carbons (Fsp3) is 0.708. The molecule has 0 radical (unpaired) electrons. The van der Waals surface area contributed by atoms with Crippen LogP contribution in [0.2, 0.25) is 0 Å². The number of hydrogen-bond donors (Lipinski definition) is 1. The van der Waals surface area contributed by atoms with Gasteiger partial charge in [-0.2, -0.15) is 11.8 Å². The first kappa shape index (κ1) is 35.2. The van der Waals surface area contributed by atoms with Gasteiger partial charge in [-0.05, 0) is 20.9 Å². The number of thioether (sulfide) groups is 1. The van der Waals surface area contributed by atoms with Crippen molar-refractivity contribution >= 4 is 29.7 Å². The summed E-state index contributed by atoms with van der Waals surface area (Å²) < 4.78 is 29.8. The fourth-order valence-electron chi connectivity index (χ4n) is 1.83. The van der Waals surface area contributed by atoms with Gasteiger partial charge in [0.1, 0.15) is 19.8 Å². The molecule has 0 saturated heterocycles. The molecule has 1 unspecified atom stereocenters. The van der Waals surface area contributed by atoms with Crippen molar-refractivity contribution in [2.24, 2.45) is 5.92 Å². The van der Waals surface area contributed by atoms with E-state index in [0.717, 1.165) is 18.1 Å². The first-order chi connectivity index (χ1) is 16.7. The zero-order valence-corrected chi connectivity index (χ0v) is 22.7. The van der Waals surface area contributed by atoms with E-state index in [0.29, 0.717) is 31.0 Å². The molecular formula is C24H43NO9S. The Hall–Kier alpha value is -1.92. The Balaban J connectivity index is 0. The van der Waals surface area contributed by atoms with Crippen molar-refractivity contribution in [3.63, 3.8) is 0 Å². The Morgan fingerprint density at radius 1 is 0.800 bits per heavy atom. The van der Waals surface area contributed by atoms with Crippen LogP contribution in [0.1, 0.15) is 20.8 Å². The second kappa shape index (κ2) is 25.2. The minimum absolute atomic E-state index is 0.127. The van der Waals surface area contributed by atoms with Crippen LogP contribution in [-0.4, -0.2) is 103 Å². The molecule has 0 amide bonds. The monoisotopic (exact) mass is 521 g/mol. The second-order valence-corrected chi connectivity index (χ2v) is 8.45. The third kappa shape index (κ3) is 25.0. The zero-order chi connectivity index (χ0) is 26.9. The smallest absolute Gasteiger partial charge is 0.333 e. The summed E-state index contributed by atoms with van der Waals surface area (Å²) in [6.07, 6.45) is 0. The SMILES string of the molecule is C=C(C)C(=O)OCCOCCOC.C=C(C)C(=O)OCCOCCOC(=O)C(C)CSCCNC. The number of esters is 3. The van der Waals surface area contributed by atoms with E-state index in [1.165, 1.54) is 0 Å². The molecule has 1 atom stereocenters. The number of methoxy groups -OCH3 is 1. The van der Waals surface area contributed by atoms with E-state index < -0.39 is 5.97 Å². The molecule has 0 spiro atoms. The molecule has 0 saturated carbocycles. The molecule has 10 nitrogen and oxygen atoms in total. The largest absolute Gasteiger partial charge is 0.463 e. The minimum atomic E-state index is -0.431. The maximum Gasteiger partial charge on any atom is 0.333 e. The van der Waals surface area contributed by atoms with Gasteiger partial charge in [-0.15, -0.1) is 0 Å². The van der Waals surface area contributed by atoms with Gasteiger partial charge >= 0.3 is 17.9 Å². The van der Waals surface area contributed by atoms with Crippen LogP contribution in [0, 0.1) is 5.92 Å². The summed E-state index contributed by atoms with van der Waals surface area (Å²) in [5, 5.41) is 3.05. The van der Waals surface area contributed by atoms with Crippen molar-refractivity contribution < 1.29 is 42.8 Å². The summed E-state index contributed by atoms with van der Waals surface area (Å²) in [7, 11) is 3.50. The summed E-state index contributed by atoms with van der Waals surface area (Å²) in [6, 6.07) is 0. The summed E-state index contributed by atoms with van der Waals surface area (Å²) >= 11 is 1.72. The number of rotatable bonds is 20. The summed E-state index contributed by atoms with van der Waals surface area (Å²) in [6.45, 7) is 15.5. The number of carbonyl (C=O) groups excluding carboxylic acids is 3. The maximum absolute atomic E-state index is 11.7. The van der Waals surface area contributed by atoms with Gasteiger partial charge in [-0.1, -0.05) is 20.1 Å². The predicted molar refractivity (Wildman–Crippen MR) is 136 cm³/mol. The summed E-state index contributed by atoms with van der Waals surface area (Å²) in [4.78, 5) is 33.6. The van der Waals surface area contributed by atoms with E-state index in [1.807, 2.05) is 14.0 Å². The lowest BCUT2D eigenvalue weighted by molar-refractivity contribution is -0.149. The van der Waals surface area contributed by atoms with Crippen molar-refractivity contribution in [3.8, 4) is 0 Å². The van der Waals surface area contributed by atoms with Gasteiger partial charge in [0.15, 0.2) is 0 Å². The molecule has 204 valence electrons. The first-order valence-corrected chi connectivity index (χ1v) is 12.5. The normalized spacial score (nSPS) is 11.0. The van der Waals surface area contributed by atoms with E-state index in [-0.39, 0.29) is 50.9 Å². The van der Waals surface area contributed by atoms with E-state index in [4.69, 9.17) is 28.4 Å². The third-order valence-electron chi connectivity index (χ3n) is 3.79. The second-order valence-electron chi connectivity index (χ2n) is 7.30. The minimum Gasteiger partial charge on any atom is -0.463 e. The van der Waals surface area contributed by atoms with E-state index in [9.17, 15) is 14.4 Å².